The topological polar surface area (TPSA) is 68.7 Å². The third-order valence-electron chi connectivity index (χ3n) is 2.28. The Bertz CT molecular complexity index is 587. The molecule has 0 spiro atoms. The molecule has 0 aliphatic heterocycles. The van der Waals surface area contributed by atoms with E-state index in [4.69, 9.17) is 14.6 Å². The molecular formula is C12H10INO4. The zero-order valence-corrected chi connectivity index (χ0v) is 11.6. The summed E-state index contributed by atoms with van der Waals surface area (Å²) in [6.07, 6.45) is 0.150. The van der Waals surface area contributed by atoms with Crippen LogP contribution < -0.4 is 4.74 Å². The fourth-order valence-corrected chi connectivity index (χ4v) is 1.98. The first-order chi connectivity index (χ1) is 8.60. The van der Waals surface area contributed by atoms with Crippen molar-refractivity contribution in [1.29, 1.82) is 0 Å². The summed E-state index contributed by atoms with van der Waals surface area (Å²) in [5.41, 5.74) is 0.826. The molecule has 2 aromatic rings. The first kappa shape index (κ1) is 13.0. The summed E-state index contributed by atoms with van der Waals surface area (Å²) < 4.78 is 11.0. The Hall–Kier alpha value is -1.41. The fraction of sp³-hybridized carbons (Fsp3) is 0.167. The number of methoxy groups -OCH3 is 1. The Morgan fingerprint density at radius 2 is 2.22 bits per heavy atom. The van der Waals surface area contributed by atoms with Crippen molar-refractivity contribution in [1.82, 2.24) is 4.98 Å². The molecule has 0 aliphatic carbocycles. The van der Waals surface area contributed by atoms with E-state index in [1.807, 2.05) is 18.2 Å². The van der Waals surface area contributed by atoms with E-state index in [1.54, 1.807) is 6.07 Å². The van der Waals surface area contributed by atoms with Gasteiger partial charge in [-0.3, -0.25) is 4.98 Å². The number of nitrogens with zero attached hydrogens (tertiary/aromatic N) is 1. The molecule has 6 heteroatoms. The number of aliphatic carboxylic acids is 1. The van der Waals surface area contributed by atoms with Crippen LogP contribution in [0.5, 0.6) is 5.75 Å². The largest absolute Gasteiger partial charge is 0.477 e. The fourth-order valence-electron chi connectivity index (χ4n) is 1.47. The van der Waals surface area contributed by atoms with Crippen molar-refractivity contribution in [3.8, 4) is 5.75 Å². The maximum Gasteiger partial charge on any atom is 0.373 e. The van der Waals surface area contributed by atoms with E-state index in [-0.39, 0.29) is 0 Å². The number of rotatable bonds is 4. The van der Waals surface area contributed by atoms with Gasteiger partial charge >= 0.3 is 5.97 Å². The Morgan fingerprint density at radius 3 is 2.89 bits per heavy atom. The lowest BCUT2D eigenvalue weighted by Gasteiger charge is -2.13. The lowest BCUT2D eigenvalue weighted by atomic mass is 10.2. The Morgan fingerprint density at radius 1 is 1.44 bits per heavy atom. The number of hydrogen-bond acceptors (Lipinski definition) is 4. The molecule has 1 N–H and O–H groups in total. The van der Waals surface area contributed by atoms with Crippen LogP contribution >= 0.6 is 22.6 Å². The average Bonchev–Trinajstić information content (AvgIpc) is 2.35. The number of carboxylic acid groups (broad SMARTS) is 1. The van der Waals surface area contributed by atoms with E-state index in [0.717, 1.165) is 14.5 Å². The minimum absolute atomic E-state index is 0.360. The summed E-state index contributed by atoms with van der Waals surface area (Å²) in [6, 6.07) is 7.52. The van der Waals surface area contributed by atoms with Gasteiger partial charge in [0.05, 0.1) is 11.7 Å². The monoisotopic (exact) mass is 359 g/mol. The third kappa shape index (κ3) is 2.88. The number of halogens is 1. The van der Waals surface area contributed by atoms with Gasteiger partial charge in [0.1, 0.15) is 5.75 Å². The van der Waals surface area contributed by atoms with Crippen molar-refractivity contribution in [2.45, 2.75) is 6.29 Å². The second-order valence-corrected chi connectivity index (χ2v) is 4.78. The Balaban J connectivity index is 2.31. The molecule has 0 aliphatic rings. The number of aromatic nitrogens is 1. The van der Waals surface area contributed by atoms with Crippen molar-refractivity contribution in [2.24, 2.45) is 0 Å². The van der Waals surface area contributed by atoms with Gasteiger partial charge in [-0.2, -0.15) is 0 Å². The van der Waals surface area contributed by atoms with Crippen molar-refractivity contribution in [2.75, 3.05) is 7.11 Å². The van der Waals surface area contributed by atoms with Crippen LogP contribution in [-0.4, -0.2) is 29.5 Å². The van der Waals surface area contributed by atoms with Crippen LogP contribution in [0.25, 0.3) is 10.9 Å². The van der Waals surface area contributed by atoms with Gasteiger partial charge in [-0.25, -0.2) is 4.79 Å². The van der Waals surface area contributed by atoms with Crippen LogP contribution in [0.1, 0.15) is 0 Å². The van der Waals surface area contributed by atoms with Crippen molar-refractivity contribution >= 4 is 39.5 Å². The highest BCUT2D eigenvalue weighted by Crippen LogP contribution is 2.21. The zero-order valence-electron chi connectivity index (χ0n) is 9.46. The summed E-state index contributed by atoms with van der Waals surface area (Å²) in [6.45, 7) is 0. The van der Waals surface area contributed by atoms with Crippen LogP contribution in [-0.2, 0) is 9.53 Å². The highest BCUT2D eigenvalue weighted by Gasteiger charge is 2.18. The lowest BCUT2D eigenvalue weighted by molar-refractivity contribution is -0.166. The maximum absolute atomic E-state index is 10.8. The third-order valence-corrected chi connectivity index (χ3v) is 2.95. The molecule has 18 heavy (non-hydrogen) atoms. The standard InChI is InChI=1S/C12H10INO4/c1-17-12(11(15)16)18-9-5-7-4-8(13)2-3-10(7)14-6-9/h2-6,12H,1H3,(H,15,16). The highest BCUT2D eigenvalue weighted by atomic mass is 127. The van der Waals surface area contributed by atoms with Gasteiger partial charge in [0.25, 0.3) is 6.29 Å². The molecule has 0 bridgehead atoms. The zero-order chi connectivity index (χ0) is 13.1. The van der Waals surface area contributed by atoms with Crippen molar-refractivity contribution in [3.63, 3.8) is 0 Å². The second kappa shape index (κ2) is 5.49. The van der Waals surface area contributed by atoms with Crippen LogP contribution in [0.2, 0.25) is 0 Å². The number of benzene rings is 1. The molecule has 1 aromatic heterocycles. The maximum atomic E-state index is 10.8. The summed E-state index contributed by atoms with van der Waals surface area (Å²) >= 11 is 2.20. The normalized spacial score (nSPS) is 12.3. The first-order valence-electron chi connectivity index (χ1n) is 5.08. The molecule has 1 heterocycles. The Kier molecular flexibility index (Phi) is 3.97. The van der Waals surface area contributed by atoms with Crippen LogP contribution in [0, 0.1) is 3.57 Å². The van der Waals surface area contributed by atoms with E-state index in [1.165, 1.54) is 13.3 Å². The highest BCUT2D eigenvalue weighted by molar-refractivity contribution is 14.1. The van der Waals surface area contributed by atoms with Gasteiger partial charge in [-0.05, 0) is 46.9 Å². The lowest BCUT2D eigenvalue weighted by Crippen LogP contribution is -2.28. The Labute approximate surface area is 117 Å². The molecule has 0 saturated carbocycles. The molecule has 0 radical (unpaired) electrons. The first-order valence-corrected chi connectivity index (χ1v) is 6.15. The second-order valence-electron chi connectivity index (χ2n) is 3.53. The van der Waals surface area contributed by atoms with Crippen LogP contribution in [0.3, 0.4) is 0 Å². The van der Waals surface area contributed by atoms with Gasteiger partial charge in [-0.15, -0.1) is 0 Å². The number of pyridine rings is 1. The molecule has 0 fully saturated rings. The van der Waals surface area contributed by atoms with Crippen LogP contribution in [0.4, 0.5) is 0 Å². The minimum atomic E-state index is -1.33. The van der Waals surface area contributed by atoms with Gasteiger partial charge in [0.15, 0.2) is 0 Å². The molecule has 94 valence electrons. The van der Waals surface area contributed by atoms with Gasteiger partial charge in [0, 0.05) is 16.1 Å². The molecule has 1 aromatic carbocycles. The number of hydrogen-bond donors (Lipinski definition) is 1. The molecule has 5 nitrogen and oxygen atoms in total. The van der Waals surface area contributed by atoms with Crippen LogP contribution in [0.15, 0.2) is 30.5 Å². The molecule has 1 atom stereocenters. The molecule has 2 rings (SSSR count). The minimum Gasteiger partial charge on any atom is -0.477 e. The molecule has 1 unspecified atom stereocenters. The SMILES string of the molecule is COC(Oc1cnc2ccc(I)cc2c1)C(=O)O. The molecule has 0 saturated heterocycles. The van der Waals surface area contributed by atoms with E-state index < -0.39 is 12.3 Å². The van der Waals surface area contributed by atoms with Crippen molar-refractivity contribution in [3.05, 3.63) is 34.0 Å². The summed E-state index contributed by atoms with van der Waals surface area (Å²) in [5, 5.41) is 9.71. The predicted molar refractivity (Wildman–Crippen MR) is 73.5 cm³/mol. The summed E-state index contributed by atoms with van der Waals surface area (Å²) in [4.78, 5) is 15.0. The van der Waals surface area contributed by atoms with E-state index in [0.29, 0.717) is 5.75 Å². The number of carboxylic acids is 1. The van der Waals surface area contributed by atoms with Gasteiger partial charge in [-0.1, -0.05) is 0 Å². The van der Waals surface area contributed by atoms with Gasteiger partial charge < -0.3 is 14.6 Å². The smallest absolute Gasteiger partial charge is 0.373 e. The van der Waals surface area contributed by atoms with Gasteiger partial charge in [0.2, 0.25) is 0 Å². The van der Waals surface area contributed by atoms with Crippen molar-refractivity contribution < 1.29 is 19.4 Å². The van der Waals surface area contributed by atoms with E-state index in [2.05, 4.69) is 27.6 Å². The van der Waals surface area contributed by atoms with E-state index >= 15 is 0 Å². The number of fused-ring (bicyclic) bond motifs is 1. The predicted octanol–water partition coefficient (Wildman–Crippen LogP) is 2.28. The molecular weight excluding hydrogens is 349 g/mol. The van der Waals surface area contributed by atoms with E-state index in [9.17, 15) is 4.79 Å². The quantitative estimate of drug-likeness (QED) is 0.670. The summed E-state index contributed by atoms with van der Waals surface area (Å²) in [7, 11) is 1.27. The summed E-state index contributed by atoms with van der Waals surface area (Å²) in [5.74, 6) is -0.820. The number of ether oxygens (including phenoxy) is 2. The molecule has 0 amide bonds. The number of carbonyl (C=O) groups is 1. The average molecular weight is 359 g/mol.